The number of allylic oxidation sites excluding steroid dienone is 2. The fourth-order valence-electron chi connectivity index (χ4n) is 4.52. The van der Waals surface area contributed by atoms with Gasteiger partial charge in [0.2, 0.25) is 0 Å². The van der Waals surface area contributed by atoms with Gasteiger partial charge in [-0.15, -0.1) is 0 Å². The summed E-state index contributed by atoms with van der Waals surface area (Å²) in [5.74, 6) is 1.45. The summed E-state index contributed by atoms with van der Waals surface area (Å²) < 4.78 is 5.70. The summed E-state index contributed by atoms with van der Waals surface area (Å²) >= 11 is 0. The highest BCUT2D eigenvalue weighted by Gasteiger charge is 2.35. The van der Waals surface area contributed by atoms with E-state index in [0.717, 1.165) is 11.3 Å². The van der Waals surface area contributed by atoms with Crippen LogP contribution in [-0.4, -0.2) is 21.3 Å². The molecule has 0 bridgehead atoms. The molecule has 1 aromatic heterocycles. The third kappa shape index (κ3) is 3.59. The summed E-state index contributed by atoms with van der Waals surface area (Å²) in [5, 5.41) is 30.4. The molecule has 176 valence electrons. The van der Waals surface area contributed by atoms with Crippen LogP contribution >= 0.6 is 0 Å². The molecule has 0 radical (unpaired) electrons. The Kier molecular flexibility index (Phi) is 5.51. The number of hydrogen-bond acceptors (Lipinski definition) is 9. The third-order valence-electron chi connectivity index (χ3n) is 6.32. The van der Waals surface area contributed by atoms with Crippen molar-refractivity contribution < 1.29 is 14.6 Å². The van der Waals surface area contributed by atoms with E-state index in [9.17, 15) is 19.8 Å². The average Bonchev–Trinajstić information content (AvgIpc) is 3.42. The predicted octanol–water partition coefficient (Wildman–Crippen LogP) is 2.62. The lowest BCUT2D eigenvalue weighted by Crippen LogP contribution is -2.38. The maximum Gasteiger partial charge on any atom is 0.253 e. The third-order valence-corrected chi connectivity index (χ3v) is 6.32. The predicted molar refractivity (Wildman–Crippen MR) is 128 cm³/mol. The molecular formula is C25H26N4O5. The van der Waals surface area contributed by atoms with Gasteiger partial charge in [0.15, 0.2) is 12.5 Å². The molecule has 2 aliphatic rings. The lowest BCUT2D eigenvalue weighted by atomic mass is 10.1. The average molecular weight is 463 g/mol. The molecule has 3 atom stereocenters. The summed E-state index contributed by atoms with van der Waals surface area (Å²) in [6, 6.07) is 8.90. The summed E-state index contributed by atoms with van der Waals surface area (Å²) in [4.78, 5) is 26.5. The van der Waals surface area contributed by atoms with Crippen molar-refractivity contribution in [2.45, 2.75) is 45.3 Å². The molecule has 2 aliphatic heterocycles. The standard InChI is InChI=1S/C25H26N4O5/c1-3-15(18-10-9-13(2)34-18)27-20-21(23(31)22(20)30)28-16-7-4-6-14-12-29(25(33)19(14)16)17-8-5-11-26-24(17)32/h4-11,15,24-28,32-33H,3,12H2,1-2H3. The smallest absolute Gasteiger partial charge is 0.253 e. The van der Waals surface area contributed by atoms with Crippen LogP contribution in [-0.2, 0) is 6.54 Å². The number of rotatable bonds is 7. The number of anilines is 3. The molecule has 2 aromatic carbocycles. The Morgan fingerprint density at radius 3 is 2.68 bits per heavy atom. The lowest BCUT2D eigenvalue weighted by molar-refractivity contribution is 0.0147. The first-order chi connectivity index (χ1) is 16.4. The Bertz CT molecular complexity index is 1360. The number of dihydropyridines is 1. The Hall–Kier alpha value is -3.82. The molecule has 3 unspecified atom stereocenters. The molecule has 3 heterocycles. The molecule has 34 heavy (non-hydrogen) atoms. The van der Waals surface area contributed by atoms with Crippen LogP contribution in [0.15, 0.2) is 68.4 Å². The van der Waals surface area contributed by atoms with E-state index in [0.29, 0.717) is 35.7 Å². The van der Waals surface area contributed by atoms with Crippen molar-refractivity contribution in [3.63, 3.8) is 0 Å². The second kappa shape index (κ2) is 8.51. The molecule has 0 spiro atoms. The fourth-order valence-corrected chi connectivity index (χ4v) is 4.52. The van der Waals surface area contributed by atoms with Crippen molar-refractivity contribution in [3.05, 3.63) is 97.5 Å². The zero-order valence-electron chi connectivity index (χ0n) is 18.8. The van der Waals surface area contributed by atoms with Gasteiger partial charge in [0.05, 0.1) is 11.7 Å². The van der Waals surface area contributed by atoms with Gasteiger partial charge in [-0.25, -0.2) is 0 Å². The Balaban J connectivity index is 1.43. The van der Waals surface area contributed by atoms with Gasteiger partial charge < -0.3 is 35.5 Å². The van der Waals surface area contributed by atoms with Crippen LogP contribution in [0.5, 0.6) is 0 Å². The molecule has 0 aliphatic carbocycles. The minimum atomic E-state index is -1.04. The number of hydrogen-bond donors (Lipinski definition) is 5. The first kappa shape index (κ1) is 22.0. The van der Waals surface area contributed by atoms with Crippen LogP contribution in [0.2, 0.25) is 0 Å². The number of aliphatic hydroxyl groups excluding tert-OH is 2. The van der Waals surface area contributed by atoms with Crippen molar-refractivity contribution in [1.29, 1.82) is 0 Å². The molecule has 0 amide bonds. The van der Waals surface area contributed by atoms with Crippen LogP contribution in [0.3, 0.4) is 0 Å². The maximum atomic E-state index is 12.5. The summed E-state index contributed by atoms with van der Waals surface area (Å²) in [6.45, 7) is 4.19. The van der Waals surface area contributed by atoms with E-state index in [1.54, 1.807) is 29.3 Å². The van der Waals surface area contributed by atoms with E-state index < -0.39 is 23.3 Å². The zero-order valence-corrected chi connectivity index (χ0v) is 18.8. The number of nitrogens with zero attached hydrogens (tertiary/aromatic N) is 1. The summed E-state index contributed by atoms with van der Waals surface area (Å²) in [7, 11) is 0. The van der Waals surface area contributed by atoms with Crippen molar-refractivity contribution >= 4 is 17.1 Å². The molecule has 0 fully saturated rings. The van der Waals surface area contributed by atoms with Gasteiger partial charge in [-0.05, 0) is 55.5 Å². The lowest BCUT2D eigenvalue weighted by Gasteiger charge is -2.30. The largest absolute Gasteiger partial charge is 0.464 e. The maximum absolute atomic E-state index is 12.5. The minimum Gasteiger partial charge on any atom is -0.464 e. The Morgan fingerprint density at radius 1 is 1.18 bits per heavy atom. The van der Waals surface area contributed by atoms with E-state index >= 15 is 0 Å². The van der Waals surface area contributed by atoms with Gasteiger partial charge in [-0.2, -0.15) is 0 Å². The highest BCUT2D eigenvalue weighted by Crippen LogP contribution is 2.41. The molecule has 9 nitrogen and oxygen atoms in total. The fraction of sp³-hybridized carbons (Fsp3) is 0.280. The van der Waals surface area contributed by atoms with E-state index in [2.05, 4.69) is 16.0 Å². The highest BCUT2D eigenvalue weighted by atomic mass is 16.3. The minimum absolute atomic E-state index is 0.160. The SMILES string of the molecule is CCC(Nc1c(Nc2cccc3c2C(O)N(C2=CC=CNC2O)C3)c(=O)c1=O)c1ccc(C)o1. The van der Waals surface area contributed by atoms with Crippen molar-refractivity contribution in [1.82, 2.24) is 10.2 Å². The second-order valence-electron chi connectivity index (χ2n) is 8.49. The van der Waals surface area contributed by atoms with Crippen molar-refractivity contribution in [3.8, 4) is 0 Å². The van der Waals surface area contributed by atoms with Crippen LogP contribution < -0.4 is 26.8 Å². The molecule has 9 heteroatoms. The number of nitrogens with one attached hydrogen (secondary N) is 3. The molecule has 5 N–H and O–H groups in total. The second-order valence-corrected chi connectivity index (χ2v) is 8.49. The van der Waals surface area contributed by atoms with Crippen LogP contribution in [0.25, 0.3) is 0 Å². The van der Waals surface area contributed by atoms with Gasteiger partial charge in [0.1, 0.15) is 22.9 Å². The first-order valence-corrected chi connectivity index (χ1v) is 11.2. The first-order valence-electron chi connectivity index (χ1n) is 11.2. The molecule has 5 rings (SSSR count). The normalized spacial score (nSPS) is 20.1. The van der Waals surface area contributed by atoms with E-state index in [-0.39, 0.29) is 17.4 Å². The van der Waals surface area contributed by atoms with Crippen LogP contribution in [0.1, 0.15) is 48.3 Å². The van der Waals surface area contributed by atoms with Gasteiger partial charge in [-0.1, -0.05) is 19.1 Å². The number of aliphatic hydroxyl groups is 2. The Labute approximate surface area is 195 Å². The van der Waals surface area contributed by atoms with E-state index in [1.807, 2.05) is 38.1 Å². The molecule has 0 saturated heterocycles. The topological polar surface area (TPSA) is 127 Å². The molecule has 3 aromatic rings. The number of furan rings is 1. The zero-order chi connectivity index (χ0) is 24.0. The number of fused-ring (bicyclic) bond motifs is 1. The van der Waals surface area contributed by atoms with Gasteiger partial charge in [-0.3, -0.25) is 9.59 Å². The quantitative estimate of drug-likeness (QED) is 0.337. The van der Waals surface area contributed by atoms with Crippen LogP contribution in [0, 0.1) is 6.92 Å². The van der Waals surface area contributed by atoms with Gasteiger partial charge in [0, 0.05) is 17.8 Å². The number of benzene rings is 1. The summed E-state index contributed by atoms with van der Waals surface area (Å²) in [6.07, 6.45) is 3.80. The van der Waals surface area contributed by atoms with E-state index in [1.165, 1.54) is 0 Å². The number of aryl methyl sites for hydroxylation is 1. The Morgan fingerprint density at radius 2 is 1.97 bits per heavy atom. The van der Waals surface area contributed by atoms with Crippen molar-refractivity contribution in [2.75, 3.05) is 10.6 Å². The van der Waals surface area contributed by atoms with Gasteiger partial charge in [0.25, 0.3) is 10.9 Å². The molecular weight excluding hydrogens is 436 g/mol. The highest BCUT2D eigenvalue weighted by molar-refractivity contribution is 5.80. The van der Waals surface area contributed by atoms with Crippen molar-refractivity contribution in [2.24, 2.45) is 0 Å². The van der Waals surface area contributed by atoms with Crippen LogP contribution in [0.4, 0.5) is 17.1 Å². The summed E-state index contributed by atoms with van der Waals surface area (Å²) in [5.41, 5.74) is 1.66. The van der Waals surface area contributed by atoms with E-state index in [4.69, 9.17) is 4.42 Å². The monoisotopic (exact) mass is 462 g/mol. The van der Waals surface area contributed by atoms with Gasteiger partial charge >= 0.3 is 0 Å². The molecule has 0 saturated carbocycles.